The highest BCUT2D eigenvalue weighted by molar-refractivity contribution is 5.79. The first-order valence-electron chi connectivity index (χ1n) is 6.14. The SMILES string of the molecule is CC(C)C(CC(=O)O)NC(=O)Cc1cccc(F)c1. The van der Waals surface area contributed by atoms with Crippen LogP contribution in [-0.4, -0.2) is 23.0 Å². The number of halogens is 1. The van der Waals surface area contributed by atoms with Crippen molar-refractivity contribution >= 4 is 11.9 Å². The predicted molar refractivity (Wildman–Crippen MR) is 69.1 cm³/mol. The fourth-order valence-electron chi connectivity index (χ4n) is 1.73. The van der Waals surface area contributed by atoms with E-state index in [0.717, 1.165) is 0 Å². The van der Waals surface area contributed by atoms with E-state index in [1.165, 1.54) is 18.2 Å². The molecule has 0 spiro atoms. The summed E-state index contributed by atoms with van der Waals surface area (Å²) < 4.78 is 13.0. The zero-order chi connectivity index (χ0) is 14.4. The molecule has 1 aromatic carbocycles. The molecule has 0 fully saturated rings. The molecule has 104 valence electrons. The van der Waals surface area contributed by atoms with Gasteiger partial charge >= 0.3 is 5.97 Å². The Kier molecular flexibility index (Phi) is 5.48. The summed E-state index contributed by atoms with van der Waals surface area (Å²) in [5.41, 5.74) is 0.565. The molecule has 1 aromatic rings. The fourth-order valence-corrected chi connectivity index (χ4v) is 1.73. The summed E-state index contributed by atoms with van der Waals surface area (Å²) in [6.07, 6.45) is -0.0762. The molecule has 1 atom stereocenters. The maximum Gasteiger partial charge on any atom is 0.305 e. The minimum atomic E-state index is -0.954. The van der Waals surface area contributed by atoms with Gasteiger partial charge in [-0.05, 0) is 23.6 Å². The standard InChI is InChI=1S/C14H18FNO3/c1-9(2)12(8-14(18)19)16-13(17)7-10-4-3-5-11(15)6-10/h3-6,9,12H,7-8H2,1-2H3,(H,16,17)(H,18,19). The highest BCUT2D eigenvalue weighted by atomic mass is 19.1. The van der Waals surface area contributed by atoms with Crippen LogP contribution in [0.1, 0.15) is 25.8 Å². The molecule has 0 aliphatic rings. The third-order valence-electron chi connectivity index (χ3n) is 2.80. The molecule has 19 heavy (non-hydrogen) atoms. The van der Waals surface area contributed by atoms with Gasteiger partial charge in [-0.3, -0.25) is 9.59 Å². The molecule has 0 aromatic heterocycles. The molecular formula is C14H18FNO3. The monoisotopic (exact) mass is 267 g/mol. The zero-order valence-corrected chi connectivity index (χ0v) is 11.0. The molecule has 0 aliphatic heterocycles. The minimum absolute atomic E-state index is 0.0209. The fraction of sp³-hybridized carbons (Fsp3) is 0.429. The molecule has 1 unspecified atom stereocenters. The van der Waals surface area contributed by atoms with Gasteiger partial charge in [-0.1, -0.05) is 26.0 Å². The number of carbonyl (C=O) groups is 2. The lowest BCUT2D eigenvalue weighted by Gasteiger charge is -2.20. The van der Waals surface area contributed by atoms with Crippen molar-refractivity contribution in [2.45, 2.75) is 32.7 Å². The Hall–Kier alpha value is -1.91. The van der Waals surface area contributed by atoms with Crippen molar-refractivity contribution in [3.63, 3.8) is 0 Å². The zero-order valence-electron chi connectivity index (χ0n) is 11.0. The first kappa shape index (κ1) is 15.1. The predicted octanol–water partition coefficient (Wildman–Crippen LogP) is 1.98. The van der Waals surface area contributed by atoms with Crippen LogP contribution < -0.4 is 5.32 Å². The van der Waals surface area contributed by atoms with Gasteiger partial charge in [0.05, 0.1) is 12.8 Å². The van der Waals surface area contributed by atoms with Crippen LogP contribution in [0.5, 0.6) is 0 Å². The molecule has 0 radical (unpaired) electrons. The highest BCUT2D eigenvalue weighted by Crippen LogP contribution is 2.08. The lowest BCUT2D eigenvalue weighted by molar-refractivity contribution is -0.138. The van der Waals surface area contributed by atoms with Crippen molar-refractivity contribution in [3.05, 3.63) is 35.6 Å². The van der Waals surface area contributed by atoms with E-state index in [-0.39, 0.29) is 24.7 Å². The first-order chi connectivity index (χ1) is 8.88. The molecule has 0 saturated carbocycles. The number of carboxylic acids is 1. The maximum absolute atomic E-state index is 13.0. The normalized spacial score (nSPS) is 12.2. The molecule has 0 heterocycles. The van der Waals surface area contributed by atoms with Crippen LogP contribution in [0.25, 0.3) is 0 Å². The van der Waals surface area contributed by atoms with Crippen LogP contribution in [0.2, 0.25) is 0 Å². The second kappa shape index (κ2) is 6.87. The number of benzene rings is 1. The molecule has 1 amide bonds. The van der Waals surface area contributed by atoms with E-state index in [9.17, 15) is 14.0 Å². The number of carboxylic acid groups (broad SMARTS) is 1. The smallest absolute Gasteiger partial charge is 0.305 e. The maximum atomic E-state index is 13.0. The van der Waals surface area contributed by atoms with Gasteiger partial charge in [-0.15, -0.1) is 0 Å². The van der Waals surface area contributed by atoms with E-state index in [1.807, 2.05) is 13.8 Å². The number of rotatable bonds is 6. The van der Waals surface area contributed by atoms with Crippen LogP contribution in [0.4, 0.5) is 4.39 Å². The Bertz CT molecular complexity index is 460. The van der Waals surface area contributed by atoms with Gasteiger partial charge < -0.3 is 10.4 Å². The van der Waals surface area contributed by atoms with Gasteiger partial charge in [-0.25, -0.2) is 4.39 Å². The average Bonchev–Trinajstić information content (AvgIpc) is 2.27. The third kappa shape index (κ3) is 5.50. The molecule has 5 heteroatoms. The van der Waals surface area contributed by atoms with E-state index in [0.29, 0.717) is 5.56 Å². The summed E-state index contributed by atoms with van der Waals surface area (Å²) in [5.74, 6) is -1.63. The van der Waals surface area contributed by atoms with Crippen LogP contribution in [-0.2, 0) is 16.0 Å². The molecule has 4 nitrogen and oxygen atoms in total. The van der Waals surface area contributed by atoms with Crippen molar-refractivity contribution in [1.82, 2.24) is 5.32 Å². The molecule has 0 bridgehead atoms. The quantitative estimate of drug-likeness (QED) is 0.828. The Morgan fingerprint density at radius 2 is 2.05 bits per heavy atom. The lowest BCUT2D eigenvalue weighted by Crippen LogP contribution is -2.40. The van der Waals surface area contributed by atoms with Gasteiger partial charge in [-0.2, -0.15) is 0 Å². The Morgan fingerprint density at radius 3 is 2.58 bits per heavy atom. The summed E-state index contributed by atoms with van der Waals surface area (Å²) in [4.78, 5) is 22.5. The Morgan fingerprint density at radius 1 is 1.37 bits per heavy atom. The number of amides is 1. The van der Waals surface area contributed by atoms with Crippen molar-refractivity contribution in [1.29, 1.82) is 0 Å². The largest absolute Gasteiger partial charge is 0.481 e. The van der Waals surface area contributed by atoms with Crippen LogP contribution in [0.3, 0.4) is 0 Å². The van der Waals surface area contributed by atoms with Crippen LogP contribution >= 0.6 is 0 Å². The second-order valence-corrected chi connectivity index (χ2v) is 4.82. The topological polar surface area (TPSA) is 66.4 Å². The first-order valence-corrected chi connectivity index (χ1v) is 6.14. The van der Waals surface area contributed by atoms with E-state index in [4.69, 9.17) is 5.11 Å². The number of carbonyl (C=O) groups excluding carboxylic acids is 1. The molecule has 1 rings (SSSR count). The Labute approximate surface area is 111 Å². The van der Waals surface area contributed by atoms with E-state index >= 15 is 0 Å². The molecule has 0 saturated heterocycles. The van der Waals surface area contributed by atoms with Crippen LogP contribution in [0, 0.1) is 11.7 Å². The molecular weight excluding hydrogens is 249 g/mol. The van der Waals surface area contributed by atoms with Crippen molar-refractivity contribution in [2.24, 2.45) is 5.92 Å². The number of hydrogen-bond donors (Lipinski definition) is 2. The van der Waals surface area contributed by atoms with Gasteiger partial charge in [0.1, 0.15) is 5.82 Å². The summed E-state index contributed by atoms with van der Waals surface area (Å²) in [7, 11) is 0. The van der Waals surface area contributed by atoms with Crippen molar-refractivity contribution in [2.75, 3.05) is 0 Å². The lowest BCUT2D eigenvalue weighted by atomic mass is 10.0. The highest BCUT2D eigenvalue weighted by Gasteiger charge is 2.19. The van der Waals surface area contributed by atoms with Gasteiger partial charge in [0.25, 0.3) is 0 Å². The number of nitrogens with one attached hydrogen (secondary N) is 1. The van der Waals surface area contributed by atoms with E-state index < -0.39 is 17.8 Å². The second-order valence-electron chi connectivity index (χ2n) is 4.82. The van der Waals surface area contributed by atoms with E-state index in [1.54, 1.807) is 6.07 Å². The summed E-state index contributed by atoms with van der Waals surface area (Å²) >= 11 is 0. The molecule has 2 N–H and O–H groups in total. The van der Waals surface area contributed by atoms with E-state index in [2.05, 4.69) is 5.32 Å². The van der Waals surface area contributed by atoms with Crippen molar-refractivity contribution in [3.8, 4) is 0 Å². The number of aliphatic carboxylic acids is 1. The average molecular weight is 267 g/mol. The summed E-state index contributed by atoms with van der Waals surface area (Å²) in [6, 6.07) is 5.38. The summed E-state index contributed by atoms with van der Waals surface area (Å²) in [5, 5.41) is 11.4. The van der Waals surface area contributed by atoms with Gasteiger partial charge in [0.2, 0.25) is 5.91 Å². The van der Waals surface area contributed by atoms with Crippen LogP contribution in [0.15, 0.2) is 24.3 Å². The van der Waals surface area contributed by atoms with Gasteiger partial charge in [0.15, 0.2) is 0 Å². The summed E-state index contributed by atoms with van der Waals surface area (Å²) in [6.45, 7) is 3.69. The minimum Gasteiger partial charge on any atom is -0.481 e. The molecule has 0 aliphatic carbocycles. The van der Waals surface area contributed by atoms with Gasteiger partial charge in [0, 0.05) is 6.04 Å². The Balaban J connectivity index is 2.60. The third-order valence-corrected chi connectivity index (χ3v) is 2.80. The number of hydrogen-bond acceptors (Lipinski definition) is 2. The van der Waals surface area contributed by atoms with Crippen molar-refractivity contribution < 1.29 is 19.1 Å².